The summed E-state index contributed by atoms with van der Waals surface area (Å²) in [5, 5.41) is 2.91. The Morgan fingerprint density at radius 3 is 2.81 bits per heavy atom. The molecule has 1 aromatic rings. The molecule has 0 aliphatic carbocycles. The van der Waals surface area contributed by atoms with Crippen molar-refractivity contribution >= 4 is 33.4 Å². The third-order valence-electron chi connectivity index (χ3n) is 2.53. The second-order valence-corrected chi connectivity index (χ2v) is 4.81. The fourth-order valence-electron chi connectivity index (χ4n) is 1.37. The molecule has 0 aromatic heterocycles. The molecular formula is C12H15BrClNO. The van der Waals surface area contributed by atoms with Crippen LogP contribution in [0.1, 0.15) is 29.3 Å². The van der Waals surface area contributed by atoms with E-state index in [4.69, 9.17) is 11.6 Å². The fraction of sp³-hybridized carbons (Fsp3) is 0.417. The van der Waals surface area contributed by atoms with Crippen molar-refractivity contribution in [2.45, 2.75) is 26.3 Å². The average molecular weight is 305 g/mol. The summed E-state index contributed by atoms with van der Waals surface area (Å²) in [7, 11) is 0. The normalized spacial score (nSPS) is 12.2. The van der Waals surface area contributed by atoms with Gasteiger partial charge in [-0.05, 0) is 31.0 Å². The zero-order valence-corrected chi connectivity index (χ0v) is 11.7. The maximum absolute atomic E-state index is 12.0. The van der Waals surface area contributed by atoms with Crippen molar-refractivity contribution in [1.29, 1.82) is 0 Å². The Morgan fingerprint density at radius 2 is 2.25 bits per heavy atom. The lowest BCUT2D eigenvalue weighted by atomic mass is 10.1. The highest BCUT2D eigenvalue weighted by Crippen LogP contribution is 2.19. The minimum Gasteiger partial charge on any atom is -0.348 e. The van der Waals surface area contributed by atoms with E-state index in [2.05, 4.69) is 21.2 Å². The van der Waals surface area contributed by atoms with E-state index in [1.165, 1.54) is 0 Å². The SMILES string of the molecule is CCC(CCl)NC(=O)c1cccc(Br)c1C. The van der Waals surface area contributed by atoms with Gasteiger partial charge in [0.25, 0.3) is 5.91 Å². The van der Waals surface area contributed by atoms with E-state index in [1.807, 2.05) is 32.0 Å². The molecule has 0 fully saturated rings. The van der Waals surface area contributed by atoms with Gasteiger partial charge in [0.15, 0.2) is 0 Å². The van der Waals surface area contributed by atoms with E-state index in [9.17, 15) is 4.79 Å². The van der Waals surface area contributed by atoms with Crippen LogP contribution in [0.5, 0.6) is 0 Å². The van der Waals surface area contributed by atoms with E-state index < -0.39 is 0 Å². The summed E-state index contributed by atoms with van der Waals surface area (Å²) in [6.45, 7) is 3.92. The third kappa shape index (κ3) is 3.22. The summed E-state index contributed by atoms with van der Waals surface area (Å²) in [6, 6.07) is 5.63. The van der Waals surface area contributed by atoms with E-state index in [1.54, 1.807) is 0 Å². The van der Waals surface area contributed by atoms with Crippen molar-refractivity contribution in [3.63, 3.8) is 0 Å². The molecule has 0 saturated carbocycles. The number of amides is 1. The van der Waals surface area contributed by atoms with Crippen LogP contribution in [0.25, 0.3) is 0 Å². The Balaban J connectivity index is 2.84. The van der Waals surface area contributed by atoms with Crippen molar-refractivity contribution in [3.8, 4) is 0 Å². The monoisotopic (exact) mass is 303 g/mol. The third-order valence-corrected chi connectivity index (χ3v) is 3.76. The van der Waals surface area contributed by atoms with Crippen LogP contribution in [-0.2, 0) is 0 Å². The number of rotatable bonds is 4. The highest BCUT2D eigenvalue weighted by atomic mass is 79.9. The molecule has 2 nitrogen and oxygen atoms in total. The van der Waals surface area contributed by atoms with Crippen LogP contribution in [0.4, 0.5) is 0 Å². The lowest BCUT2D eigenvalue weighted by Gasteiger charge is -2.15. The second-order valence-electron chi connectivity index (χ2n) is 3.65. The van der Waals surface area contributed by atoms with Crippen LogP contribution in [-0.4, -0.2) is 17.8 Å². The van der Waals surface area contributed by atoms with Gasteiger partial charge in [-0.25, -0.2) is 0 Å². The predicted octanol–water partition coefficient (Wildman–Crippen LogP) is 3.50. The number of carbonyl (C=O) groups is 1. The number of hydrogen-bond acceptors (Lipinski definition) is 1. The van der Waals surface area contributed by atoms with Crippen molar-refractivity contribution in [2.24, 2.45) is 0 Å². The molecule has 0 bridgehead atoms. The molecule has 1 N–H and O–H groups in total. The predicted molar refractivity (Wildman–Crippen MR) is 71.1 cm³/mol. The molecule has 0 aliphatic heterocycles. The number of alkyl halides is 1. The molecule has 1 unspecified atom stereocenters. The van der Waals surface area contributed by atoms with Crippen molar-refractivity contribution in [2.75, 3.05) is 5.88 Å². The van der Waals surface area contributed by atoms with E-state index in [0.29, 0.717) is 11.4 Å². The Bertz CT molecular complexity index is 377. The molecule has 1 atom stereocenters. The smallest absolute Gasteiger partial charge is 0.251 e. The minimum absolute atomic E-state index is 0.0348. The van der Waals surface area contributed by atoms with Crippen LogP contribution >= 0.6 is 27.5 Å². The zero-order chi connectivity index (χ0) is 12.1. The minimum atomic E-state index is -0.0636. The maximum atomic E-state index is 12.0. The molecule has 88 valence electrons. The van der Waals surface area contributed by atoms with E-state index >= 15 is 0 Å². The number of halogens is 2. The first kappa shape index (κ1) is 13.5. The van der Waals surface area contributed by atoms with Gasteiger partial charge < -0.3 is 5.32 Å². The molecular weight excluding hydrogens is 289 g/mol. The maximum Gasteiger partial charge on any atom is 0.251 e. The standard InChI is InChI=1S/C12H15BrClNO/c1-3-9(7-14)15-12(16)10-5-4-6-11(13)8(10)2/h4-6,9H,3,7H2,1-2H3,(H,15,16). The van der Waals surface area contributed by atoms with Gasteiger partial charge in [-0.1, -0.05) is 28.9 Å². The highest BCUT2D eigenvalue weighted by Gasteiger charge is 2.13. The van der Waals surface area contributed by atoms with Gasteiger partial charge in [0.1, 0.15) is 0 Å². The van der Waals surface area contributed by atoms with Crippen LogP contribution in [0, 0.1) is 6.92 Å². The summed E-state index contributed by atoms with van der Waals surface area (Å²) in [5.74, 6) is 0.376. The van der Waals surface area contributed by atoms with Crippen LogP contribution < -0.4 is 5.32 Å². The lowest BCUT2D eigenvalue weighted by molar-refractivity contribution is 0.0939. The molecule has 0 spiro atoms. The number of carbonyl (C=O) groups excluding carboxylic acids is 1. The molecule has 0 heterocycles. The molecule has 4 heteroatoms. The summed E-state index contributed by atoms with van der Waals surface area (Å²) >= 11 is 9.15. The van der Waals surface area contributed by atoms with Gasteiger partial charge in [0.05, 0.1) is 0 Å². The van der Waals surface area contributed by atoms with Crippen LogP contribution in [0.15, 0.2) is 22.7 Å². The van der Waals surface area contributed by atoms with Gasteiger partial charge in [-0.2, -0.15) is 0 Å². The largest absolute Gasteiger partial charge is 0.348 e. The molecule has 1 rings (SSSR count). The zero-order valence-electron chi connectivity index (χ0n) is 9.39. The lowest BCUT2D eigenvalue weighted by Crippen LogP contribution is -2.35. The Labute approximate surface area is 110 Å². The first-order valence-corrected chi connectivity index (χ1v) is 6.54. The van der Waals surface area contributed by atoms with Gasteiger partial charge in [0, 0.05) is 22.0 Å². The van der Waals surface area contributed by atoms with E-state index in [0.717, 1.165) is 16.5 Å². The molecule has 16 heavy (non-hydrogen) atoms. The first-order valence-electron chi connectivity index (χ1n) is 5.22. The highest BCUT2D eigenvalue weighted by molar-refractivity contribution is 9.10. The van der Waals surface area contributed by atoms with Crippen LogP contribution in [0.3, 0.4) is 0 Å². The first-order chi connectivity index (χ1) is 7.60. The summed E-state index contributed by atoms with van der Waals surface area (Å²) in [6.07, 6.45) is 0.836. The topological polar surface area (TPSA) is 29.1 Å². The summed E-state index contributed by atoms with van der Waals surface area (Å²) in [4.78, 5) is 12.0. The number of benzene rings is 1. The molecule has 1 amide bonds. The number of hydrogen-bond donors (Lipinski definition) is 1. The molecule has 0 radical (unpaired) electrons. The summed E-state index contributed by atoms with van der Waals surface area (Å²) in [5.41, 5.74) is 1.64. The van der Waals surface area contributed by atoms with Crippen molar-refractivity contribution in [1.82, 2.24) is 5.32 Å². The van der Waals surface area contributed by atoms with Gasteiger partial charge >= 0.3 is 0 Å². The molecule has 0 saturated heterocycles. The average Bonchev–Trinajstić information content (AvgIpc) is 2.29. The number of nitrogens with one attached hydrogen (secondary N) is 1. The molecule has 1 aromatic carbocycles. The Kier molecular flexibility index (Phi) is 5.29. The van der Waals surface area contributed by atoms with Gasteiger partial charge in [-0.3, -0.25) is 4.79 Å². The summed E-state index contributed by atoms with van der Waals surface area (Å²) < 4.78 is 0.944. The fourth-order valence-corrected chi connectivity index (χ4v) is 2.03. The Hall–Kier alpha value is -0.540. The van der Waals surface area contributed by atoms with Crippen LogP contribution in [0.2, 0.25) is 0 Å². The van der Waals surface area contributed by atoms with Crippen molar-refractivity contribution in [3.05, 3.63) is 33.8 Å². The van der Waals surface area contributed by atoms with Crippen molar-refractivity contribution < 1.29 is 4.79 Å². The Morgan fingerprint density at radius 1 is 1.56 bits per heavy atom. The second kappa shape index (κ2) is 6.26. The van der Waals surface area contributed by atoms with Gasteiger partial charge in [0.2, 0.25) is 0 Å². The van der Waals surface area contributed by atoms with E-state index in [-0.39, 0.29) is 11.9 Å². The quantitative estimate of drug-likeness (QED) is 0.848. The molecule has 0 aliphatic rings. The van der Waals surface area contributed by atoms with Gasteiger partial charge in [-0.15, -0.1) is 11.6 Å².